The van der Waals surface area contributed by atoms with Crippen LogP contribution in [0.2, 0.25) is 0 Å². The Bertz CT molecular complexity index is 978. The maximum absolute atomic E-state index is 12.7. The van der Waals surface area contributed by atoms with Crippen molar-refractivity contribution in [2.24, 2.45) is 0 Å². The SMILES string of the molecule is O=C(c1cc(C2CC2)on1)N1CCN(c2ccc(Nc3ccncc3)nn2)CC1. The van der Waals surface area contributed by atoms with E-state index in [1.807, 2.05) is 29.2 Å². The van der Waals surface area contributed by atoms with E-state index in [0.29, 0.717) is 43.6 Å². The first-order chi connectivity index (χ1) is 14.3. The van der Waals surface area contributed by atoms with E-state index < -0.39 is 0 Å². The van der Waals surface area contributed by atoms with Crippen LogP contribution >= 0.6 is 0 Å². The lowest BCUT2D eigenvalue weighted by atomic mass is 10.2. The number of piperazine rings is 1. The Morgan fingerprint density at radius 2 is 1.83 bits per heavy atom. The van der Waals surface area contributed by atoms with Crippen LogP contribution in [-0.4, -0.2) is 57.3 Å². The number of nitrogens with one attached hydrogen (secondary N) is 1. The molecule has 2 aliphatic rings. The summed E-state index contributed by atoms with van der Waals surface area (Å²) >= 11 is 0. The smallest absolute Gasteiger partial charge is 0.276 e. The number of hydrogen-bond donors (Lipinski definition) is 1. The summed E-state index contributed by atoms with van der Waals surface area (Å²) in [6.45, 7) is 2.63. The fraction of sp³-hybridized carbons (Fsp3) is 0.350. The quantitative estimate of drug-likeness (QED) is 0.708. The van der Waals surface area contributed by atoms with Gasteiger partial charge in [0.05, 0.1) is 0 Å². The summed E-state index contributed by atoms with van der Waals surface area (Å²) in [4.78, 5) is 20.6. The number of carbonyl (C=O) groups excluding carboxylic acids is 1. The van der Waals surface area contributed by atoms with Gasteiger partial charge in [-0.15, -0.1) is 10.2 Å². The standard InChI is InChI=1S/C20H21N7O2/c28-20(16-13-17(29-25-16)14-1-2-14)27-11-9-26(10-12-27)19-4-3-18(23-24-19)22-15-5-7-21-8-6-15/h3-8,13-14H,1-2,9-12H2,(H,21,22,23). The Hall–Kier alpha value is -3.49. The van der Waals surface area contributed by atoms with E-state index in [-0.39, 0.29) is 5.91 Å². The van der Waals surface area contributed by atoms with Crippen molar-refractivity contribution in [1.82, 2.24) is 25.2 Å². The predicted molar refractivity (Wildman–Crippen MR) is 106 cm³/mol. The summed E-state index contributed by atoms with van der Waals surface area (Å²) in [5.74, 6) is 2.70. The zero-order valence-electron chi connectivity index (χ0n) is 15.9. The van der Waals surface area contributed by atoms with Gasteiger partial charge >= 0.3 is 0 Å². The van der Waals surface area contributed by atoms with Crippen molar-refractivity contribution in [3.63, 3.8) is 0 Å². The topological polar surface area (TPSA) is 100 Å². The highest BCUT2D eigenvalue weighted by Crippen LogP contribution is 2.40. The lowest BCUT2D eigenvalue weighted by Gasteiger charge is -2.34. The van der Waals surface area contributed by atoms with E-state index in [4.69, 9.17) is 4.52 Å². The highest BCUT2D eigenvalue weighted by Gasteiger charge is 2.30. The third-order valence-electron chi connectivity index (χ3n) is 5.22. The Labute approximate surface area is 167 Å². The number of pyridine rings is 1. The fourth-order valence-electron chi connectivity index (χ4n) is 3.39. The lowest BCUT2D eigenvalue weighted by Crippen LogP contribution is -2.49. The molecule has 0 spiro atoms. The summed E-state index contributed by atoms with van der Waals surface area (Å²) < 4.78 is 5.31. The van der Waals surface area contributed by atoms with Crippen LogP contribution in [0.25, 0.3) is 0 Å². The van der Waals surface area contributed by atoms with Crippen LogP contribution in [0, 0.1) is 0 Å². The van der Waals surface area contributed by atoms with Gasteiger partial charge in [0, 0.05) is 56.2 Å². The molecule has 3 aromatic heterocycles. The van der Waals surface area contributed by atoms with Crippen molar-refractivity contribution in [3.05, 3.63) is 54.2 Å². The molecule has 148 valence electrons. The van der Waals surface area contributed by atoms with Crippen molar-refractivity contribution >= 4 is 23.2 Å². The molecule has 29 heavy (non-hydrogen) atoms. The zero-order chi connectivity index (χ0) is 19.6. The molecule has 2 fully saturated rings. The Kier molecular flexibility index (Phi) is 4.55. The fourth-order valence-corrected chi connectivity index (χ4v) is 3.39. The highest BCUT2D eigenvalue weighted by molar-refractivity contribution is 5.92. The summed E-state index contributed by atoms with van der Waals surface area (Å²) in [5.41, 5.74) is 1.32. The van der Waals surface area contributed by atoms with Gasteiger partial charge in [0.25, 0.3) is 5.91 Å². The third-order valence-corrected chi connectivity index (χ3v) is 5.22. The minimum Gasteiger partial charge on any atom is -0.360 e. The number of anilines is 3. The Balaban J connectivity index is 1.17. The normalized spacial score (nSPS) is 16.7. The molecule has 3 aromatic rings. The van der Waals surface area contributed by atoms with Crippen molar-refractivity contribution in [3.8, 4) is 0 Å². The summed E-state index contributed by atoms with van der Waals surface area (Å²) in [5, 5.41) is 15.7. The van der Waals surface area contributed by atoms with Crippen LogP contribution in [0.5, 0.6) is 0 Å². The summed E-state index contributed by atoms with van der Waals surface area (Å²) in [6.07, 6.45) is 5.69. The van der Waals surface area contributed by atoms with Gasteiger partial charge in [0.2, 0.25) is 0 Å². The van der Waals surface area contributed by atoms with E-state index in [2.05, 4.69) is 30.6 Å². The molecule has 9 heteroatoms. The molecule has 1 amide bonds. The van der Waals surface area contributed by atoms with Crippen LogP contribution in [0.15, 0.2) is 47.2 Å². The second-order valence-electron chi connectivity index (χ2n) is 7.31. The van der Waals surface area contributed by atoms with E-state index >= 15 is 0 Å². The van der Waals surface area contributed by atoms with Gasteiger partial charge in [0.1, 0.15) is 5.76 Å². The van der Waals surface area contributed by atoms with Crippen LogP contribution in [0.3, 0.4) is 0 Å². The lowest BCUT2D eigenvalue weighted by molar-refractivity contribution is 0.0736. The molecule has 0 unspecified atom stereocenters. The monoisotopic (exact) mass is 391 g/mol. The van der Waals surface area contributed by atoms with Crippen LogP contribution in [-0.2, 0) is 0 Å². The molecular weight excluding hydrogens is 370 g/mol. The molecule has 1 N–H and O–H groups in total. The second-order valence-corrected chi connectivity index (χ2v) is 7.31. The van der Waals surface area contributed by atoms with Gasteiger partial charge < -0.3 is 19.6 Å². The highest BCUT2D eigenvalue weighted by atomic mass is 16.5. The molecule has 9 nitrogen and oxygen atoms in total. The summed E-state index contributed by atoms with van der Waals surface area (Å²) in [7, 11) is 0. The van der Waals surface area contributed by atoms with Crippen LogP contribution in [0.1, 0.15) is 35.0 Å². The predicted octanol–water partition coefficient (Wildman–Crippen LogP) is 2.44. The molecule has 5 rings (SSSR count). The number of aromatic nitrogens is 4. The number of rotatable bonds is 5. The Morgan fingerprint density at radius 1 is 1.03 bits per heavy atom. The molecule has 4 heterocycles. The molecule has 0 bridgehead atoms. The average molecular weight is 391 g/mol. The van der Waals surface area contributed by atoms with Gasteiger partial charge in [-0.25, -0.2) is 0 Å². The number of nitrogens with zero attached hydrogens (tertiary/aromatic N) is 6. The van der Waals surface area contributed by atoms with Gasteiger partial charge in [-0.1, -0.05) is 5.16 Å². The van der Waals surface area contributed by atoms with Crippen molar-refractivity contribution in [2.75, 3.05) is 36.4 Å². The van der Waals surface area contributed by atoms with Crippen molar-refractivity contribution in [2.45, 2.75) is 18.8 Å². The molecule has 1 saturated carbocycles. The molecule has 1 aliphatic carbocycles. The number of amides is 1. The average Bonchev–Trinajstić information content (AvgIpc) is 3.51. The number of carbonyl (C=O) groups is 1. The first kappa shape index (κ1) is 17.6. The first-order valence-corrected chi connectivity index (χ1v) is 9.78. The first-order valence-electron chi connectivity index (χ1n) is 9.78. The second kappa shape index (κ2) is 7.50. The Morgan fingerprint density at radius 3 is 2.52 bits per heavy atom. The minimum atomic E-state index is -0.0664. The van der Waals surface area contributed by atoms with E-state index in [0.717, 1.165) is 30.1 Å². The largest absolute Gasteiger partial charge is 0.360 e. The maximum atomic E-state index is 12.7. The molecule has 1 saturated heterocycles. The van der Waals surface area contributed by atoms with Gasteiger partial charge in [-0.05, 0) is 37.1 Å². The van der Waals surface area contributed by atoms with Crippen molar-refractivity contribution < 1.29 is 9.32 Å². The van der Waals surface area contributed by atoms with Crippen LogP contribution < -0.4 is 10.2 Å². The number of hydrogen-bond acceptors (Lipinski definition) is 8. The van der Waals surface area contributed by atoms with Gasteiger partial charge in [0.15, 0.2) is 17.3 Å². The minimum absolute atomic E-state index is 0.0664. The van der Waals surface area contributed by atoms with Gasteiger partial charge in [-0.3, -0.25) is 9.78 Å². The third kappa shape index (κ3) is 3.89. The van der Waals surface area contributed by atoms with Gasteiger partial charge in [-0.2, -0.15) is 0 Å². The van der Waals surface area contributed by atoms with Crippen LogP contribution in [0.4, 0.5) is 17.3 Å². The van der Waals surface area contributed by atoms with E-state index in [1.165, 1.54) is 0 Å². The molecule has 1 aliphatic heterocycles. The van der Waals surface area contributed by atoms with E-state index in [9.17, 15) is 4.79 Å². The molecular formula is C20H21N7O2. The maximum Gasteiger partial charge on any atom is 0.276 e. The molecule has 0 aromatic carbocycles. The van der Waals surface area contributed by atoms with Crippen molar-refractivity contribution in [1.29, 1.82) is 0 Å². The summed E-state index contributed by atoms with van der Waals surface area (Å²) in [6, 6.07) is 9.37. The zero-order valence-corrected chi connectivity index (χ0v) is 15.9. The molecule has 0 radical (unpaired) electrons. The van der Waals surface area contributed by atoms with E-state index in [1.54, 1.807) is 18.5 Å². The molecule has 0 atom stereocenters.